The highest BCUT2D eigenvalue weighted by Gasteiger charge is 2.22. The van der Waals surface area contributed by atoms with Crippen LogP contribution in [0.2, 0.25) is 0 Å². The van der Waals surface area contributed by atoms with E-state index in [1.807, 2.05) is 42.3 Å². The largest absolute Gasteiger partial charge is 0.352 e. The minimum atomic E-state index is 0.0683. The second-order valence-electron chi connectivity index (χ2n) is 7.97. The van der Waals surface area contributed by atoms with Crippen LogP contribution in [0.5, 0.6) is 0 Å². The zero-order chi connectivity index (χ0) is 20.8. The molecule has 4 rings (SSSR count). The number of nitrogens with zero attached hydrogens (tertiary/aromatic N) is 5. The lowest BCUT2D eigenvalue weighted by atomic mass is 10.1. The first-order chi connectivity index (χ1) is 14.7. The number of carbonyl (C=O) groups excluding carboxylic acids is 1. The van der Waals surface area contributed by atoms with Crippen LogP contribution >= 0.6 is 0 Å². The molecule has 0 aliphatic carbocycles. The third kappa shape index (κ3) is 5.30. The lowest BCUT2D eigenvalue weighted by Crippen LogP contribution is -2.41. The van der Waals surface area contributed by atoms with Crippen LogP contribution in [-0.4, -0.2) is 50.2 Å². The number of benzene rings is 1. The van der Waals surface area contributed by atoms with Crippen molar-refractivity contribution in [1.82, 2.24) is 30.0 Å². The summed E-state index contributed by atoms with van der Waals surface area (Å²) in [6.45, 7) is 1.94. The van der Waals surface area contributed by atoms with Crippen LogP contribution in [0.3, 0.4) is 0 Å². The molecule has 7 nitrogen and oxygen atoms in total. The predicted molar refractivity (Wildman–Crippen MR) is 115 cm³/mol. The van der Waals surface area contributed by atoms with Gasteiger partial charge in [-0.1, -0.05) is 30.3 Å². The summed E-state index contributed by atoms with van der Waals surface area (Å²) in [6, 6.07) is 14.5. The third-order valence-corrected chi connectivity index (χ3v) is 5.51. The van der Waals surface area contributed by atoms with Crippen LogP contribution in [0.15, 0.2) is 54.9 Å². The summed E-state index contributed by atoms with van der Waals surface area (Å²) >= 11 is 0. The van der Waals surface area contributed by atoms with Crippen molar-refractivity contribution in [2.45, 2.75) is 44.8 Å². The molecule has 7 heteroatoms. The molecule has 1 amide bonds. The summed E-state index contributed by atoms with van der Waals surface area (Å²) in [5.41, 5.74) is 2.39. The molecule has 1 unspecified atom stereocenters. The van der Waals surface area contributed by atoms with Crippen LogP contribution in [0, 0.1) is 0 Å². The molecule has 3 heterocycles. The fraction of sp³-hybridized carbons (Fsp3) is 0.391. The average molecular weight is 405 g/mol. The van der Waals surface area contributed by atoms with E-state index in [0.29, 0.717) is 6.54 Å². The van der Waals surface area contributed by atoms with Crippen molar-refractivity contribution >= 4 is 5.91 Å². The minimum absolute atomic E-state index is 0.0683. The fourth-order valence-corrected chi connectivity index (χ4v) is 3.98. The Kier molecular flexibility index (Phi) is 6.49. The molecule has 3 aromatic rings. The normalized spacial score (nSPS) is 16.1. The van der Waals surface area contributed by atoms with Gasteiger partial charge in [-0.15, -0.1) is 10.2 Å². The maximum Gasteiger partial charge on any atom is 0.234 e. The van der Waals surface area contributed by atoms with Crippen LogP contribution in [0.1, 0.15) is 35.6 Å². The van der Waals surface area contributed by atoms with Crippen LogP contribution < -0.4 is 5.32 Å². The minimum Gasteiger partial charge on any atom is -0.352 e. The van der Waals surface area contributed by atoms with Crippen LogP contribution in [-0.2, 0) is 30.7 Å². The van der Waals surface area contributed by atoms with E-state index in [1.165, 1.54) is 5.56 Å². The molecule has 0 spiro atoms. The summed E-state index contributed by atoms with van der Waals surface area (Å²) in [4.78, 5) is 18.6. The van der Waals surface area contributed by atoms with E-state index in [0.717, 1.165) is 56.0 Å². The number of rotatable bonds is 7. The third-order valence-electron chi connectivity index (χ3n) is 5.51. The van der Waals surface area contributed by atoms with Gasteiger partial charge in [0.25, 0.3) is 0 Å². The van der Waals surface area contributed by atoms with Gasteiger partial charge >= 0.3 is 0 Å². The van der Waals surface area contributed by atoms with E-state index in [4.69, 9.17) is 0 Å². The first-order valence-corrected chi connectivity index (χ1v) is 10.5. The zero-order valence-corrected chi connectivity index (χ0v) is 17.4. The zero-order valence-electron chi connectivity index (χ0n) is 17.4. The highest BCUT2D eigenvalue weighted by Crippen LogP contribution is 2.17. The summed E-state index contributed by atoms with van der Waals surface area (Å²) in [7, 11) is 1.96. The fourth-order valence-electron chi connectivity index (χ4n) is 3.98. The molecule has 0 bridgehead atoms. The average Bonchev–Trinajstić information content (AvgIpc) is 3.01. The molecule has 0 fully saturated rings. The maximum atomic E-state index is 12.5. The molecule has 0 saturated carbocycles. The van der Waals surface area contributed by atoms with Gasteiger partial charge in [0.2, 0.25) is 5.91 Å². The highest BCUT2D eigenvalue weighted by molar-refractivity contribution is 5.78. The molecule has 1 aromatic carbocycles. The molecule has 1 aliphatic heterocycles. The molecule has 30 heavy (non-hydrogen) atoms. The Morgan fingerprint density at radius 3 is 2.70 bits per heavy atom. The van der Waals surface area contributed by atoms with Gasteiger partial charge in [-0.05, 0) is 43.1 Å². The number of aromatic nitrogens is 4. The van der Waals surface area contributed by atoms with Gasteiger partial charge in [-0.3, -0.25) is 14.7 Å². The number of carbonyl (C=O) groups is 1. The van der Waals surface area contributed by atoms with Crippen LogP contribution in [0.25, 0.3) is 0 Å². The Morgan fingerprint density at radius 1 is 1.10 bits per heavy atom. The summed E-state index contributed by atoms with van der Waals surface area (Å²) < 4.78 is 2.23. The summed E-state index contributed by atoms with van der Waals surface area (Å²) in [6.07, 6.45) is 6.96. The Labute approximate surface area is 177 Å². The van der Waals surface area contributed by atoms with Gasteiger partial charge in [-0.2, -0.15) is 0 Å². The second-order valence-corrected chi connectivity index (χ2v) is 7.97. The predicted octanol–water partition coefficient (Wildman–Crippen LogP) is 2.22. The number of aryl methyl sites for hydroxylation is 1. The Balaban J connectivity index is 1.29. The number of amides is 1. The molecule has 0 radical (unpaired) electrons. The molecule has 2 aromatic heterocycles. The van der Waals surface area contributed by atoms with Crippen molar-refractivity contribution in [3.8, 4) is 0 Å². The van der Waals surface area contributed by atoms with E-state index in [1.54, 1.807) is 12.4 Å². The Morgan fingerprint density at radius 2 is 1.90 bits per heavy atom. The molecule has 1 aliphatic rings. The van der Waals surface area contributed by atoms with E-state index >= 15 is 0 Å². The topological polar surface area (TPSA) is 75.9 Å². The number of hydrogen-bond donors (Lipinski definition) is 1. The van der Waals surface area contributed by atoms with Crippen molar-refractivity contribution in [1.29, 1.82) is 0 Å². The quantitative estimate of drug-likeness (QED) is 0.653. The number of likely N-dealkylation sites (N-methyl/N-ethyl adjacent to an activating group) is 1. The lowest BCUT2D eigenvalue weighted by Gasteiger charge is -2.20. The molecular formula is C23H28N6O. The van der Waals surface area contributed by atoms with Gasteiger partial charge < -0.3 is 9.88 Å². The molecule has 0 saturated heterocycles. The first kappa shape index (κ1) is 20.2. The Hall–Kier alpha value is -3.06. The van der Waals surface area contributed by atoms with Crippen LogP contribution in [0.4, 0.5) is 0 Å². The molecule has 1 atom stereocenters. The van der Waals surface area contributed by atoms with Crippen molar-refractivity contribution in [2.24, 2.45) is 0 Å². The second kappa shape index (κ2) is 9.63. The van der Waals surface area contributed by atoms with Gasteiger partial charge in [0.05, 0.1) is 6.54 Å². The SMILES string of the molecule is CN(CC(=O)NC1CCc2nnc(Cc3ccccc3)n2CC1)Cc1ccncc1. The maximum absolute atomic E-state index is 12.5. The lowest BCUT2D eigenvalue weighted by molar-refractivity contribution is -0.122. The van der Waals surface area contributed by atoms with E-state index < -0.39 is 0 Å². The smallest absolute Gasteiger partial charge is 0.234 e. The van der Waals surface area contributed by atoms with Crippen molar-refractivity contribution in [3.05, 3.63) is 77.6 Å². The first-order valence-electron chi connectivity index (χ1n) is 10.5. The summed E-state index contributed by atoms with van der Waals surface area (Å²) in [5.74, 6) is 2.09. The molecular weight excluding hydrogens is 376 g/mol. The molecule has 156 valence electrons. The van der Waals surface area contributed by atoms with Gasteiger partial charge in [-0.25, -0.2) is 0 Å². The van der Waals surface area contributed by atoms with Crippen molar-refractivity contribution in [2.75, 3.05) is 13.6 Å². The van der Waals surface area contributed by atoms with Gasteiger partial charge in [0.1, 0.15) is 11.6 Å². The van der Waals surface area contributed by atoms with Gasteiger partial charge in [0, 0.05) is 44.4 Å². The number of nitrogens with one attached hydrogen (secondary N) is 1. The van der Waals surface area contributed by atoms with E-state index in [2.05, 4.69) is 37.2 Å². The van der Waals surface area contributed by atoms with E-state index in [9.17, 15) is 4.79 Å². The van der Waals surface area contributed by atoms with Gasteiger partial charge in [0.15, 0.2) is 0 Å². The Bertz CT molecular complexity index is 956. The number of pyridine rings is 1. The monoisotopic (exact) mass is 404 g/mol. The molecule has 1 N–H and O–H groups in total. The summed E-state index contributed by atoms with van der Waals surface area (Å²) in [5, 5.41) is 12.0. The number of fused-ring (bicyclic) bond motifs is 1. The van der Waals surface area contributed by atoms with Crippen molar-refractivity contribution < 1.29 is 4.79 Å². The highest BCUT2D eigenvalue weighted by atomic mass is 16.2. The van der Waals surface area contributed by atoms with E-state index in [-0.39, 0.29) is 11.9 Å². The number of hydrogen-bond acceptors (Lipinski definition) is 5. The standard InChI is InChI=1S/C23H28N6O/c1-28(16-19-9-12-24-13-10-19)17-23(30)25-20-7-8-21-26-27-22(29(21)14-11-20)15-18-5-3-2-4-6-18/h2-6,9-10,12-13,20H,7-8,11,14-17H2,1H3,(H,25,30). The van der Waals surface area contributed by atoms with Crippen molar-refractivity contribution in [3.63, 3.8) is 0 Å².